The Morgan fingerprint density at radius 1 is 1.23 bits per heavy atom. The summed E-state index contributed by atoms with van der Waals surface area (Å²) < 4.78 is 14.8. The standard InChI is InChI=1S/C19H20FN3O3/c1-10-3-8-14-16(11(2)12-4-6-13(20)7-5-12)23-17(19(26)22(10)14)18(25)15(24)9-21-23/h4-7,9-11,14,16,25H,3,8H2,1-2H3/t10-,11-,14-,16-/m1/s1. The van der Waals surface area contributed by atoms with Gasteiger partial charge in [-0.1, -0.05) is 19.1 Å². The van der Waals surface area contributed by atoms with E-state index in [0.29, 0.717) is 0 Å². The molecule has 136 valence electrons. The molecule has 1 saturated heterocycles. The zero-order valence-electron chi connectivity index (χ0n) is 14.6. The summed E-state index contributed by atoms with van der Waals surface area (Å²) in [4.78, 5) is 26.6. The van der Waals surface area contributed by atoms with Crippen LogP contribution < -0.4 is 5.43 Å². The first kappa shape index (κ1) is 16.8. The molecule has 2 aromatic rings. The van der Waals surface area contributed by atoms with E-state index in [9.17, 15) is 19.1 Å². The van der Waals surface area contributed by atoms with E-state index in [0.717, 1.165) is 24.6 Å². The molecule has 2 aliphatic heterocycles. The van der Waals surface area contributed by atoms with Crippen LogP contribution in [0.15, 0.2) is 35.3 Å². The lowest BCUT2D eigenvalue weighted by atomic mass is 9.86. The van der Waals surface area contributed by atoms with Crippen LogP contribution in [0.5, 0.6) is 5.75 Å². The number of nitrogens with zero attached hydrogens (tertiary/aromatic N) is 3. The Bertz CT molecular complexity index is 925. The van der Waals surface area contributed by atoms with E-state index in [1.165, 1.54) is 16.8 Å². The quantitative estimate of drug-likeness (QED) is 0.896. The fourth-order valence-electron chi connectivity index (χ4n) is 4.38. The first-order valence-corrected chi connectivity index (χ1v) is 8.79. The zero-order chi connectivity index (χ0) is 18.6. The van der Waals surface area contributed by atoms with Crippen molar-refractivity contribution in [2.24, 2.45) is 0 Å². The third-order valence-electron chi connectivity index (χ3n) is 5.72. The van der Waals surface area contributed by atoms with Gasteiger partial charge in [0, 0.05) is 12.0 Å². The van der Waals surface area contributed by atoms with Gasteiger partial charge in [0.05, 0.1) is 18.3 Å². The first-order chi connectivity index (χ1) is 12.4. The Morgan fingerprint density at radius 3 is 2.62 bits per heavy atom. The Labute approximate surface area is 149 Å². The number of benzene rings is 1. The molecule has 1 fully saturated rings. The highest BCUT2D eigenvalue weighted by molar-refractivity contribution is 5.96. The molecule has 1 amide bonds. The van der Waals surface area contributed by atoms with Crippen LogP contribution in [0, 0.1) is 5.82 Å². The molecule has 1 N–H and O–H groups in total. The van der Waals surface area contributed by atoms with Crippen LogP contribution in [0.2, 0.25) is 0 Å². The average molecular weight is 357 g/mol. The molecule has 26 heavy (non-hydrogen) atoms. The van der Waals surface area contributed by atoms with Crippen molar-refractivity contribution in [1.29, 1.82) is 0 Å². The topological polar surface area (TPSA) is 75.4 Å². The normalized spacial score (nSPS) is 25.7. The SMILES string of the molecule is C[C@H](c1ccc(F)cc1)[C@@H]1[C@H]2CC[C@@H](C)N2C(=O)c2c(O)c(=O)cnn21. The van der Waals surface area contributed by atoms with E-state index in [2.05, 4.69) is 5.10 Å². The molecule has 0 spiro atoms. The number of aromatic hydroxyl groups is 1. The molecule has 0 radical (unpaired) electrons. The summed E-state index contributed by atoms with van der Waals surface area (Å²) in [5.41, 5.74) is 0.195. The van der Waals surface area contributed by atoms with Gasteiger partial charge >= 0.3 is 0 Å². The number of aromatic nitrogens is 2. The second-order valence-electron chi connectivity index (χ2n) is 7.19. The Hall–Kier alpha value is -2.70. The minimum Gasteiger partial charge on any atom is -0.502 e. The summed E-state index contributed by atoms with van der Waals surface area (Å²) in [6.45, 7) is 3.97. The van der Waals surface area contributed by atoms with Crippen molar-refractivity contribution >= 4 is 5.91 Å². The summed E-state index contributed by atoms with van der Waals surface area (Å²) in [6, 6.07) is 5.96. The maximum Gasteiger partial charge on any atom is 0.276 e. The lowest BCUT2D eigenvalue weighted by molar-refractivity contribution is 0.0484. The number of fused-ring (bicyclic) bond motifs is 2. The van der Waals surface area contributed by atoms with E-state index >= 15 is 0 Å². The second kappa shape index (κ2) is 5.93. The van der Waals surface area contributed by atoms with Crippen LogP contribution in [0.4, 0.5) is 4.39 Å². The van der Waals surface area contributed by atoms with E-state index in [4.69, 9.17) is 0 Å². The number of halogens is 1. The molecule has 6 nitrogen and oxygen atoms in total. The van der Waals surface area contributed by atoms with Crippen LogP contribution in [0.25, 0.3) is 0 Å². The highest BCUT2D eigenvalue weighted by Crippen LogP contribution is 2.44. The minimum absolute atomic E-state index is 0.0267. The highest BCUT2D eigenvalue weighted by Gasteiger charge is 2.48. The monoisotopic (exact) mass is 357 g/mol. The molecule has 4 rings (SSSR count). The lowest BCUT2D eigenvalue weighted by Crippen LogP contribution is -2.52. The molecular weight excluding hydrogens is 337 g/mol. The number of rotatable bonds is 2. The van der Waals surface area contributed by atoms with Crippen LogP contribution in [0.1, 0.15) is 54.7 Å². The van der Waals surface area contributed by atoms with Crippen molar-refractivity contribution in [2.75, 3.05) is 0 Å². The zero-order valence-corrected chi connectivity index (χ0v) is 14.6. The number of carbonyl (C=O) groups is 1. The van der Waals surface area contributed by atoms with Gasteiger partial charge in [0.25, 0.3) is 5.91 Å². The summed E-state index contributed by atoms with van der Waals surface area (Å²) in [5, 5.41) is 14.4. The third-order valence-corrected chi connectivity index (χ3v) is 5.72. The Morgan fingerprint density at radius 2 is 1.92 bits per heavy atom. The molecular formula is C19H20FN3O3. The molecule has 0 bridgehead atoms. The van der Waals surface area contributed by atoms with Crippen LogP contribution in [-0.4, -0.2) is 37.8 Å². The van der Waals surface area contributed by atoms with Crippen LogP contribution >= 0.6 is 0 Å². The number of amides is 1. The summed E-state index contributed by atoms with van der Waals surface area (Å²) in [5.74, 6) is -1.31. The smallest absolute Gasteiger partial charge is 0.276 e. The Balaban J connectivity index is 1.89. The van der Waals surface area contributed by atoms with Crippen molar-refractivity contribution in [3.63, 3.8) is 0 Å². The van der Waals surface area contributed by atoms with E-state index in [1.54, 1.807) is 17.0 Å². The van der Waals surface area contributed by atoms with Gasteiger partial charge in [-0.25, -0.2) is 4.39 Å². The fraction of sp³-hybridized carbons (Fsp3) is 0.421. The number of hydrogen-bond acceptors (Lipinski definition) is 4. The summed E-state index contributed by atoms with van der Waals surface area (Å²) in [6.07, 6.45) is 2.71. The van der Waals surface area contributed by atoms with E-state index in [1.807, 2.05) is 13.8 Å². The molecule has 1 aromatic carbocycles. The van der Waals surface area contributed by atoms with Gasteiger partial charge < -0.3 is 10.0 Å². The highest BCUT2D eigenvalue weighted by atomic mass is 19.1. The maximum absolute atomic E-state index is 13.3. The van der Waals surface area contributed by atoms with Gasteiger partial charge in [0.2, 0.25) is 5.43 Å². The first-order valence-electron chi connectivity index (χ1n) is 8.79. The Kier molecular flexibility index (Phi) is 3.82. The second-order valence-corrected chi connectivity index (χ2v) is 7.19. The average Bonchev–Trinajstić information content (AvgIpc) is 3.00. The summed E-state index contributed by atoms with van der Waals surface area (Å²) >= 11 is 0. The van der Waals surface area contributed by atoms with Crippen molar-refractivity contribution < 1.29 is 14.3 Å². The van der Waals surface area contributed by atoms with Crippen LogP contribution in [-0.2, 0) is 0 Å². The lowest BCUT2D eigenvalue weighted by Gasteiger charge is -2.42. The molecule has 0 unspecified atom stereocenters. The number of carbonyl (C=O) groups excluding carboxylic acids is 1. The molecule has 7 heteroatoms. The molecule has 0 saturated carbocycles. The van der Waals surface area contributed by atoms with E-state index in [-0.39, 0.29) is 41.5 Å². The molecule has 3 heterocycles. The predicted molar refractivity (Wildman–Crippen MR) is 92.7 cm³/mol. The molecule has 4 atom stereocenters. The summed E-state index contributed by atoms with van der Waals surface area (Å²) in [7, 11) is 0. The molecule has 0 aliphatic carbocycles. The van der Waals surface area contributed by atoms with Crippen molar-refractivity contribution in [3.05, 3.63) is 57.8 Å². The largest absolute Gasteiger partial charge is 0.502 e. The van der Waals surface area contributed by atoms with Gasteiger partial charge in [-0.2, -0.15) is 5.10 Å². The van der Waals surface area contributed by atoms with E-state index < -0.39 is 11.2 Å². The molecule has 1 aromatic heterocycles. The van der Waals surface area contributed by atoms with Gasteiger partial charge in [-0.3, -0.25) is 14.3 Å². The van der Waals surface area contributed by atoms with Crippen molar-refractivity contribution in [2.45, 2.75) is 50.7 Å². The van der Waals surface area contributed by atoms with Gasteiger partial charge in [0.1, 0.15) is 5.82 Å². The fourth-order valence-corrected chi connectivity index (χ4v) is 4.38. The van der Waals surface area contributed by atoms with Crippen molar-refractivity contribution in [1.82, 2.24) is 14.7 Å². The number of hydrogen-bond donors (Lipinski definition) is 1. The van der Waals surface area contributed by atoms with Gasteiger partial charge in [-0.05, 0) is 37.5 Å². The van der Waals surface area contributed by atoms with Gasteiger partial charge in [-0.15, -0.1) is 0 Å². The molecule has 2 aliphatic rings. The maximum atomic E-state index is 13.3. The van der Waals surface area contributed by atoms with Gasteiger partial charge in [0.15, 0.2) is 11.4 Å². The third kappa shape index (κ3) is 2.34. The van der Waals surface area contributed by atoms with Crippen LogP contribution in [0.3, 0.4) is 0 Å². The van der Waals surface area contributed by atoms with Crippen molar-refractivity contribution in [3.8, 4) is 5.75 Å². The minimum atomic E-state index is -0.664. The predicted octanol–water partition coefficient (Wildman–Crippen LogP) is 2.44.